The summed E-state index contributed by atoms with van der Waals surface area (Å²) >= 11 is 5.95. The lowest BCUT2D eigenvalue weighted by Crippen LogP contribution is -2.19. The summed E-state index contributed by atoms with van der Waals surface area (Å²) < 4.78 is 0. The molecule has 84 valence electrons. The van der Waals surface area contributed by atoms with Gasteiger partial charge in [0.25, 0.3) is 0 Å². The lowest BCUT2D eigenvalue weighted by molar-refractivity contribution is -0.118. The van der Waals surface area contributed by atoms with E-state index in [1.54, 1.807) is 30.4 Å². The Labute approximate surface area is 99.1 Å². The fraction of sp³-hybridized carbons (Fsp3) is 0.167. The van der Waals surface area contributed by atoms with Gasteiger partial charge in [-0.2, -0.15) is 0 Å². The van der Waals surface area contributed by atoms with Crippen LogP contribution in [0.15, 0.2) is 24.3 Å². The van der Waals surface area contributed by atoms with E-state index in [0.717, 1.165) is 6.29 Å². The largest absolute Gasteiger partial charge is 0.353 e. The fourth-order valence-electron chi connectivity index (χ4n) is 1.21. The molecule has 0 saturated heterocycles. The topological polar surface area (TPSA) is 46.2 Å². The minimum atomic E-state index is -0.0978. The molecule has 0 aliphatic rings. The number of nitrogens with one attached hydrogen (secondary N) is 1. The second kappa shape index (κ2) is 6.08. The summed E-state index contributed by atoms with van der Waals surface area (Å²) in [7, 11) is 0. The van der Waals surface area contributed by atoms with E-state index in [-0.39, 0.29) is 5.91 Å². The van der Waals surface area contributed by atoms with Gasteiger partial charge in [0.05, 0.1) is 0 Å². The van der Waals surface area contributed by atoms with Gasteiger partial charge in [-0.05, 0) is 6.07 Å². The molecule has 1 aromatic carbocycles. The van der Waals surface area contributed by atoms with Crippen molar-refractivity contribution < 1.29 is 9.59 Å². The van der Waals surface area contributed by atoms with Crippen LogP contribution in [0.25, 0.3) is 6.08 Å². The molecule has 0 atom stereocenters. The predicted octanol–water partition coefficient (Wildman–Crippen LogP) is 2.30. The van der Waals surface area contributed by atoms with Crippen molar-refractivity contribution >= 4 is 29.9 Å². The maximum atomic E-state index is 10.8. The molecule has 1 aromatic rings. The third kappa shape index (κ3) is 3.51. The Morgan fingerprint density at radius 3 is 2.88 bits per heavy atom. The molecule has 0 radical (unpaired) electrons. The van der Waals surface area contributed by atoms with Crippen LogP contribution in [-0.4, -0.2) is 18.7 Å². The Balaban J connectivity index is 2.79. The summed E-state index contributed by atoms with van der Waals surface area (Å²) in [6.07, 6.45) is 4.22. The third-order valence-corrected chi connectivity index (χ3v) is 2.30. The SMILES string of the molecule is CC(=O)NCC=Cc1c(Cl)cccc1C=O. The van der Waals surface area contributed by atoms with Gasteiger partial charge in [0, 0.05) is 29.6 Å². The fourth-order valence-corrected chi connectivity index (χ4v) is 1.46. The summed E-state index contributed by atoms with van der Waals surface area (Å²) in [5.41, 5.74) is 1.20. The van der Waals surface area contributed by atoms with Crippen LogP contribution in [0, 0.1) is 0 Å². The normalized spacial score (nSPS) is 10.4. The molecule has 0 bridgehead atoms. The number of rotatable bonds is 4. The van der Waals surface area contributed by atoms with Gasteiger partial charge in [0.2, 0.25) is 5.91 Å². The van der Waals surface area contributed by atoms with Crippen LogP contribution in [0.2, 0.25) is 5.02 Å². The van der Waals surface area contributed by atoms with Crippen LogP contribution < -0.4 is 5.32 Å². The molecule has 0 aliphatic heterocycles. The van der Waals surface area contributed by atoms with Crippen LogP contribution in [0.5, 0.6) is 0 Å². The van der Waals surface area contributed by atoms with Crippen molar-refractivity contribution in [1.29, 1.82) is 0 Å². The van der Waals surface area contributed by atoms with Gasteiger partial charge in [0.1, 0.15) is 0 Å². The molecule has 0 saturated carbocycles. The van der Waals surface area contributed by atoms with Crippen LogP contribution >= 0.6 is 11.6 Å². The number of carbonyl (C=O) groups excluding carboxylic acids is 2. The number of amides is 1. The Bertz CT molecular complexity index is 427. The van der Waals surface area contributed by atoms with Crippen LogP contribution in [0.1, 0.15) is 22.8 Å². The minimum absolute atomic E-state index is 0.0978. The van der Waals surface area contributed by atoms with E-state index in [1.165, 1.54) is 6.92 Å². The monoisotopic (exact) mass is 237 g/mol. The number of hydrogen-bond donors (Lipinski definition) is 1. The van der Waals surface area contributed by atoms with Crippen molar-refractivity contribution in [2.24, 2.45) is 0 Å². The molecule has 1 rings (SSSR count). The van der Waals surface area contributed by atoms with E-state index in [9.17, 15) is 9.59 Å². The Hall–Kier alpha value is -1.61. The average Bonchev–Trinajstić information content (AvgIpc) is 2.25. The molecular weight excluding hydrogens is 226 g/mol. The number of hydrogen-bond acceptors (Lipinski definition) is 2. The van der Waals surface area contributed by atoms with E-state index in [1.807, 2.05) is 0 Å². The van der Waals surface area contributed by atoms with Crippen LogP contribution in [-0.2, 0) is 4.79 Å². The second-order valence-corrected chi connectivity index (χ2v) is 3.61. The van der Waals surface area contributed by atoms with Gasteiger partial charge in [-0.15, -0.1) is 0 Å². The van der Waals surface area contributed by atoms with Crippen LogP contribution in [0.3, 0.4) is 0 Å². The van der Waals surface area contributed by atoms with E-state index in [4.69, 9.17) is 11.6 Å². The van der Waals surface area contributed by atoms with Gasteiger partial charge >= 0.3 is 0 Å². The summed E-state index contributed by atoms with van der Waals surface area (Å²) in [6.45, 7) is 1.86. The zero-order valence-electron chi connectivity index (χ0n) is 8.87. The number of benzene rings is 1. The molecule has 16 heavy (non-hydrogen) atoms. The van der Waals surface area contributed by atoms with Crippen molar-refractivity contribution in [1.82, 2.24) is 5.32 Å². The van der Waals surface area contributed by atoms with Crippen molar-refractivity contribution in [2.75, 3.05) is 6.54 Å². The molecule has 3 nitrogen and oxygen atoms in total. The summed E-state index contributed by atoms with van der Waals surface area (Å²) in [5, 5.41) is 3.13. The average molecular weight is 238 g/mol. The van der Waals surface area contributed by atoms with Gasteiger partial charge < -0.3 is 5.32 Å². The first-order chi connectivity index (χ1) is 7.65. The molecular formula is C12H12ClNO2. The second-order valence-electron chi connectivity index (χ2n) is 3.20. The molecule has 0 aliphatic carbocycles. The molecule has 4 heteroatoms. The molecule has 0 unspecified atom stereocenters. The number of aldehydes is 1. The van der Waals surface area contributed by atoms with Crippen molar-refractivity contribution in [2.45, 2.75) is 6.92 Å². The molecule has 0 spiro atoms. The zero-order chi connectivity index (χ0) is 12.0. The highest BCUT2D eigenvalue weighted by Gasteiger charge is 2.01. The third-order valence-electron chi connectivity index (χ3n) is 1.97. The van der Waals surface area contributed by atoms with E-state index < -0.39 is 0 Å². The molecule has 0 fully saturated rings. The smallest absolute Gasteiger partial charge is 0.217 e. The highest BCUT2D eigenvalue weighted by molar-refractivity contribution is 6.32. The van der Waals surface area contributed by atoms with E-state index in [2.05, 4.69) is 5.32 Å². The predicted molar refractivity (Wildman–Crippen MR) is 64.6 cm³/mol. The summed E-state index contributed by atoms with van der Waals surface area (Å²) in [4.78, 5) is 21.4. The zero-order valence-corrected chi connectivity index (χ0v) is 9.62. The van der Waals surface area contributed by atoms with Gasteiger partial charge in [-0.3, -0.25) is 9.59 Å². The summed E-state index contributed by atoms with van der Waals surface area (Å²) in [5.74, 6) is -0.0978. The maximum Gasteiger partial charge on any atom is 0.217 e. The van der Waals surface area contributed by atoms with Gasteiger partial charge in [0.15, 0.2) is 6.29 Å². The Kier molecular flexibility index (Phi) is 4.73. The molecule has 0 heterocycles. The Morgan fingerprint density at radius 1 is 1.50 bits per heavy atom. The first kappa shape index (κ1) is 12.5. The quantitative estimate of drug-likeness (QED) is 0.817. The van der Waals surface area contributed by atoms with Gasteiger partial charge in [-0.25, -0.2) is 0 Å². The maximum absolute atomic E-state index is 10.8. The van der Waals surface area contributed by atoms with E-state index in [0.29, 0.717) is 22.7 Å². The van der Waals surface area contributed by atoms with Crippen LogP contribution in [0.4, 0.5) is 0 Å². The van der Waals surface area contributed by atoms with Crippen molar-refractivity contribution in [3.8, 4) is 0 Å². The Morgan fingerprint density at radius 2 is 2.25 bits per heavy atom. The molecule has 1 N–H and O–H groups in total. The van der Waals surface area contributed by atoms with Gasteiger partial charge in [-0.1, -0.05) is 35.9 Å². The van der Waals surface area contributed by atoms with Crippen molar-refractivity contribution in [3.05, 3.63) is 40.4 Å². The number of halogens is 1. The standard InChI is InChI=1S/C12H12ClNO2/c1-9(16)14-7-3-5-11-10(8-15)4-2-6-12(11)13/h2-6,8H,7H2,1H3,(H,14,16). The lowest BCUT2D eigenvalue weighted by Gasteiger charge is -2.01. The molecule has 0 aromatic heterocycles. The highest BCUT2D eigenvalue weighted by atomic mass is 35.5. The lowest BCUT2D eigenvalue weighted by atomic mass is 10.1. The van der Waals surface area contributed by atoms with Crippen molar-refractivity contribution in [3.63, 3.8) is 0 Å². The molecule has 1 amide bonds. The van der Waals surface area contributed by atoms with E-state index >= 15 is 0 Å². The summed E-state index contributed by atoms with van der Waals surface area (Å²) in [6, 6.07) is 5.13. The first-order valence-electron chi connectivity index (χ1n) is 4.80. The minimum Gasteiger partial charge on any atom is -0.353 e. The highest BCUT2D eigenvalue weighted by Crippen LogP contribution is 2.20. The number of carbonyl (C=O) groups is 2. The first-order valence-corrected chi connectivity index (χ1v) is 5.17.